The summed E-state index contributed by atoms with van der Waals surface area (Å²) in [6.45, 7) is 0. The van der Waals surface area contributed by atoms with Crippen LogP contribution in [0.4, 0.5) is 0 Å². The molecule has 5 heteroatoms. The van der Waals surface area contributed by atoms with Gasteiger partial charge in [-0.15, -0.1) is 11.6 Å². The minimum atomic E-state index is -3.09. The maximum absolute atomic E-state index is 11.5. The van der Waals surface area contributed by atoms with Gasteiger partial charge in [-0.2, -0.15) is 0 Å². The summed E-state index contributed by atoms with van der Waals surface area (Å²) >= 11 is 5.48. The minimum absolute atomic E-state index is 0.0796. The third-order valence-corrected chi connectivity index (χ3v) is 3.94. The predicted molar refractivity (Wildman–Crippen MR) is 59.0 cm³/mol. The Balaban J connectivity index is 2.26. The van der Waals surface area contributed by atoms with Crippen molar-refractivity contribution in [2.75, 3.05) is 11.6 Å². The highest BCUT2D eigenvalue weighted by Crippen LogP contribution is 2.10. The molecule has 0 radical (unpaired) electrons. The van der Waals surface area contributed by atoms with E-state index < -0.39 is 10.0 Å². The third-order valence-electron chi connectivity index (χ3n) is 2.15. The third kappa shape index (κ3) is 4.44. The fraction of sp³-hybridized carbons (Fsp3) is 0.778. The number of halogens is 1. The van der Waals surface area contributed by atoms with E-state index in [0.717, 1.165) is 19.3 Å². The zero-order chi connectivity index (χ0) is 10.4. The molecule has 0 aromatic carbocycles. The molecule has 0 saturated heterocycles. The minimum Gasteiger partial charge on any atom is -0.212 e. The molecule has 0 heterocycles. The zero-order valence-electron chi connectivity index (χ0n) is 8.08. The molecule has 14 heavy (non-hydrogen) atoms. The average Bonchev–Trinajstić information content (AvgIpc) is 2.56. The van der Waals surface area contributed by atoms with E-state index in [4.69, 9.17) is 11.6 Å². The lowest BCUT2D eigenvalue weighted by molar-refractivity contribution is 0.555. The van der Waals surface area contributed by atoms with Gasteiger partial charge in [0.1, 0.15) is 0 Å². The van der Waals surface area contributed by atoms with E-state index in [1.54, 1.807) is 0 Å². The van der Waals surface area contributed by atoms with Crippen LogP contribution in [0.5, 0.6) is 0 Å². The largest absolute Gasteiger partial charge is 0.212 e. The Morgan fingerprint density at radius 2 is 1.93 bits per heavy atom. The number of nitrogens with one attached hydrogen (secondary N) is 1. The van der Waals surface area contributed by atoms with Gasteiger partial charge in [0.25, 0.3) is 0 Å². The van der Waals surface area contributed by atoms with Crippen molar-refractivity contribution in [2.24, 2.45) is 0 Å². The molecule has 0 unspecified atom stereocenters. The lowest BCUT2D eigenvalue weighted by Gasteiger charge is -2.11. The summed E-state index contributed by atoms with van der Waals surface area (Å²) in [4.78, 5) is 0. The van der Waals surface area contributed by atoms with Gasteiger partial charge < -0.3 is 0 Å². The van der Waals surface area contributed by atoms with Crippen LogP contribution in [0, 0.1) is 0 Å². The van der Waals surface area contributed by atoms with E-state index in [-0.39, 0.29) is 11.8 Å². The number of alkyl halides is 1. The number of unbranched alkanes of at least 4 members (excludes halogenated alkanes) is 1. The molecule has 1 aliphatic rings. The zero-order valence-corrected chi connectivity index (χ0v) is 9.65. The molecule has 0 aromatic heterocycles. The van der Waals surface area contributed by atoms with Crippen molar-refractivity contribution < 1.29 is 8.42 Å². The van der Waals surface area contributed by atoms with Gasteiger partial charge in [0, 0.05) is 11.9 Å². The van der Waals surface area contributed by atoms with Crippen LogP contribution in [-0.4, -0.2) is 26.1 Å². The van der Waals surface area contributed by atoms with E-state index in [0.29, 0.717) is 12.3 Å². The molecule has 3 nitrogen and oxygen atoms in total. The summed E-state index contributed by atoms with van der Waals surface area (Å²) < 4.78 is 25.6. The van der Waals surface area contributed by atoms with Crippen molar-refractivity contribution in [3.63, 3.8) is 0 Å². The molecule has 82 valence electrons. The van der Waals surface area contributed by atoms with Crippen molar-refractivity contribution in [1.82, 2.24) is 4.72 Å². The fourth-order valence-electron chi connectivity index (χ4n) is 1.41. The quantitative estimate of drug-likeness (QED) is 0.434. The first-order valence-corrected chi connectivity index (χ1v) is 7.04. The second kappa shape index (κ2) is 5.73. The summed E-state index contributed by atoms with van der Waals surface area (Å²) in [5.41, 5.74) is 0. The Bertz CT molecular complexity index is 279. The van der Waals surface area contributed by atoms with Crippen LogP contribution in [0.3, 0.4) is 0 Å². The standard InChI is InChI=1S/C9H16ClNO2S/c10-7-3-4-8-14(12,13)11-9-5-1-2-6-9/h1-2,9,11H,3-8H2. The maximum Gasteiger partial charge on any atom is 0.211 e. The molecule has 0 fully saturated rings. The van der Waals surface area contributed by atoms with E-state index in [9.17, 15) is 8.42 Å². The number of hydrogen-bond acceptors (Lipinski definition) is 2. The Kier molecular flexibility index (Phi) is 4.92. The van der Waals surface area contributed by atoms with Gasteiger partial charge in [-0.25, -0.2) is 13.1 Å². The van der Waals surface area contributed by atoms with E-state index in [1.165, 1.54) is 0 Å². The summed E-state index contributed by atoms with van der Waals surface area (Å²) in [6, 6.07) is 0.0796. The lowest BCUT2D eigenvalue weighted by Crippen LogP contribution is -2.34. The van der Waals surface area contributed by atoms with E-state index in [1.807, 2.05) is 12.2 Å². The van der Waals surface area contributed by atoms with Crippen molar-refractivity contribution in [3.8, 4) is 0 Å². The molecule has 0 spiro atoms. The first kappa shape index (κ1) is 12.0. The normalized spacial score (nSPS) is 17.8. The summed E-state index contributed by atoms with van der Waals surface area (Å²) in [6.07, 6.45) is 7.03. The second-order valence-electron chi connectivity index (χ2n) is 3.47. The van der Waals surface area contributed by atoms with Crippen molar-refractivity contribution in [1.29, 1.82) is 0 Å². The summed E-state index contributed by atoms with van der Waals surface area (Å²) in [5, 5.41) is 0. The highest BCUT2D eigenvalue weighted by atomic mass is 35.5. The van der Waals surface area contributed by atoms with Crippen LogP contribution < -0.4 is 4.72 Å². The van der Waals surface area contributed by atoms with Crippen molar-refractivity contribution in [2.45, 2.75) is 31.7 Å². The topological polar surface area (TPSA) is 46.2 Å². The van der Waals surface area contributed by atoms with Crippen LogP contribution >= 0.6 is 11.6 Å². The maximum atomic E-state index is 11.5. The molecule has 0 bridgehead atoms. The van der Waals surface area contributed by atoms with E-state index >= 15 is 0 Å². The Morgan fingerprint density at radius 3 is 2.50 bits per heavy atom. The highest BCUT2D eigenvalue weighted by molar-refractivity contribution is 7.89. The van der Waals surface area contributed by atoms with Gasteiger partial charge >= 0.3 is 0 Å². The van der Waals surface area contributed by atoms with Gasteiger partial charge in [0.15, 0.2) is 0 Å². The van der Waals surface area contributed by atoms with Crippen LogP contribution in [0.1, 0.15) is 25.7 Å². The van der Waals surface area contributed by atoms with Gasteiger partial charge in [0.05, 0.1) is 5.75 Å². The molecule has 1 N–H and O–H groups in total. The molecular weight excluding hydrogens is 222 g/mol. The smallest absolute Gasteiger partial charge is 0.211 e. The molecule has 1 aliphatic carbocycles. The van der Waals surface area contributed by atoms with E-state index in [2.05, 4.69) is 4.72 Å². The van der Waals surface area contributed by atoms with Crippen LogP contribution in [0.25, 0.3) is 0 Å². The molecule has 0 aromatic rings. The number of rotatable bonds is 6. The Labute approximate surface area is 90.6 Å². The number of hydrogen-bond donors (Lipinski definition) is 1. The predicted octanol–water partition coefficient (Wildman–Crippen LogP) is 1.64. The average molecular weight is 238 g/mol. The van der Waals surface area contributed by atoms with Gasteiger partial charge in [0.2, 0.25) is 10.0 Å². The Morgan fingerprint density at radius 1 is 1.29 bits per heavy atom. The van der Waals surface area contributed by atoms with Gasteiger partial charge in [-0.3, -0.25) is 0 Å². The van der Waals surface area contributed by atoms with Gasteiger partial charge in [-0.05, 0) is 25.7 Å². The molecule has 0 atom stereocenters. The van der Waals surface area contributed by atoms with Crippen LogP contribution in [-0.2, 0) is 10.0 Å². The number of sulfonamides is 1. The van der Waals surface area contributed by atoms with Crippen LogP contribution in [0.15, 0.2) is 12.2 Å². The monoisotopic (exact) mass is 237 g/mol. The van der Waals surface area contributed by atoms with Crippen molar-refractivity contribution in [3.05, 3.63) is 12.2 Å². The summed E-state index contributed by atoms with van der Waals surface area (Å²) in [5.74, 6) is 0.719. The molecular formula is C9H16ClNO2S. The molecule has 1 rings (SSSR count). The van der Waals surface area contributed by atoms with Crippen LogP contribution in [0.2, 0.25) is 0 Å². The van der Waals surface area contributed by atoms with Gasteiger partial charge in [-0.1, -0.05) is 12.2 Å². The molecule has 0 saturated carbocycles. The molecule has 0 aliphatic heterocycles. The Hall–Kier alpha value is -0.0600. The first-order chi connectivity index (χ1) is 6.64. The second-order valence-corrected chi connectivity index (χ2v) is 5.72. The molecule has 0 amide bonds. The SMILES string of the molecule is O=S(=O)(CCCCCl)NC1CC=CC1. The first-order valence-electron chi connectivity index (χ1n) is 4.85. The highest BCUT2D eigenvalue weighted by Gasteiger charge is 2.17. The lowest BCUT2D eigenvalue weighted by atomic mass is 10.3. The summed E-state index contributed by atoms with van der Waals surface area (Å²) in [7, 11) is -3.09. The van der Waals surface area contributed by atoms with Crippen molar-refractivity contribution >= 4 is 21.6 Å². The fourth-order valence-corrected chi connectivity index (χ4v) is 3.00.